The second kappa shape index (κ2) is 5.77. The third kappa shape index (κ3) is 3.38. The molecule has 5 nitrogen and oxygen atoms in total. The molecule has 1 fully saturated rings. The summed E-state index contributed by atoms with van der Waals surface area (Å²) < 4.78 is 2.04. The van der Waals surface area contributed by atoms with Crippen molar-refractivity contribution in [3.8, 4) is 0 Å². The third-order valence-corrected chi connectivity index (χ3v) is 4.97. The number of carboxylic acids is 1. The van der Waals surface area contributed by atoms with Crippen LogP contribution in [0.5, 0.6) is 0 Å². The first-order valence-electron chi connectivity index (χ1n) is 5.53. The van der Waals surface area contributed by atoms with E-state index < -0.39 is 5.97 Å². The molecule has 0 amide bonds. The summed E-state index contributed by atoms with van der Waals surface area (Å²) in [5.41, 5.74) is 0. The Morgan fingerprint density at radius 2 is 2.47 bits per heavy atom. The Morgan fingerprint density at radius 3 is 3.12 bits per heavy atom. The van der Waals surface area contributed by atoms with Crippen molar-refractivity contribution >= 4 is 29.5 Å². The first kappa shape index (κ1) is 12.8. The maximum atomic E-state index is 10.6. The Kier molecular flexibility index (Phi) is 4.33. The summed E-state index contributed by atoms with van der Waals surface area (Å²) in [4.78, 5) is 10.6. The van der Waals surface area contributed by atoms with Crippen LogP contribution < -0.4 is 0 Å². The number of aromatic nitrogens is 3. The fourth-order valence-corrected chi connectivity index (χ4v) is 3.76. The Labute approximate surface area is 108 Å². The molecule has 0 saturated carbocycles. The molecule has 2 rings (SSSR count). The molecule has 0 bridgehead atoms. The van der Waals surface area contributed by atoms with Crippen molar-refractivity contribution < 1.29 is 9.90 Å². The fourth-order valence-electron chi connectivity index (χ4n) is 1.80. The number of carboxylic acid groups (broad SMARTS) is 1. The van der Waals surface area contributed by atoms with E-state index in [1.54, 1.807) is 0 Å². The summed E-state index contributed by atoms with van der Waals surface area (Å²) in [6, 6.07) is 0. The molecule has 1 saturated heterocycles. The van der Waals surface area contributed by atoms with Crippen molar-refractivity contribution in [3.05, 3.63) is 5.82 Å². The summed E-state index contributed by atoms with van der Waals surface area (Å²) in [6.07, 6.45) is 2.50. The first-order chi connectivity index (χ1) is 8.16. The van der Waals surface area contributed by atoms with Crippen LogP contribution in [0.2, 0.25) is 0 Å². The van der Waals surface area contributed by atoms with E-state index in [9.17, 15) is 4.79 Å². The molecule has 1 unspecified atom stereocenters. The van der Waals surface area contributed by atoms with Crippen LogP contribution in [0, 0.1) is 6.92 Å². The number of carbonyl (C=O) groups is 1. The van der Waals surface area contributed by atoms with Gasteiger partial charge < -0.3 is 9.67 Å². The lowest BCUT2D eigenvalue weighted by atomic mass is 10.2. The standard InChI is InChI=1S/C10H15N3O2S2/c1-7-11-12-10(17-6-9(14)15)13(7)5-8-3-2-4-16-8/h8H,2-6H2,1H3,(H,14,15). The zero-order valence-electron chi connectivity index (χ0n) is 9.63. The van der Waals surface area contributed by atoms with E-state index in [2.05, 4.69) is 10.2 Å². The van der Waals surface area contributed by atoms with Crippen LogP contribution in [0.1, 0.15) is 18.7 Å². The van der Waals surface area contributed by atoms with Gasteiger partial charge in [-0.3, -0.25) is 4.79 Å². The van der Waals surface area contributed by atoms with Crippen molar-refractivity contribution in [2.75, 3.05) is 11.5 Å². The molecule has 1 aromatic rings. The molecule has 1 aliphatic rings. The van der Waals surface area contributed by atoms with Crippen LogP contribution in [0.25, 0.3) is 0 Å². The van der Waals surface area contributed by atoms with E-state index in [1.807, 2.05) is 23.3 Å². The van der Waals surface area contributed by atoms with E-state index in [0.29, 0.717) is 5.25 Å². The van der Waals surface area contributed by atoms with Gasteiger partial charge >= 0.3 is 5.97 Å². The van der Waals surface area contributed by atoms with Gasteiger partial charge in [0.2, 0.25) is 0 Å². The minimum Gasteiger partial charge on any atom is -0.481 e. The van der Waals surface area contributed by atoms with Gasteiger partial charge in [-0.1, -0.05) is 11.8 Å². The summed E-state index contributed by atoms with van der Waals surface area (Å²) >= 11 is 3.22. The van der Waals surface area contributed by atoms with Gasteiger partial charge in [0.15, 0.2) is 5.16 Å². The van der Waals surface area contributed by atoms with E-state index in [1.165, 1.54) is 30.4 Å². The highest BCUT2D eigenvalue weighted by Gasteiger charge is 2.19. The molecule has 94 valence electrons. The quantitative estimate of drug-likeness (QED) is 0.823. The molecule has 0 aromatic carbocycles. The van der Waals surface area contributed by atoms with Crippen LogP contribution in [-0.4, -0.2) is 42.6 Å². The molecular formula is C10H15N3O2S2. The molecule has 0 radical (unpaired) electrons. The van der Waals surface area contributed by atoms with Crippen molar-refractivity contribution in [2.24, 2.45) is 0 Å². The lowest BCUT2D eigenvalue weighted by Gasteiger charge is -2.12. The van der Waals surface area contributed by atoms with Crippen LogP contribution in [-0.2, 0) is 11.3 Å². The van der Waals surface area contributed by atoms with Crippen molar-refractivity contribution in [1.29, 1.82) is 0 Å². The molecule has 1 N–H and O–H groups in total. The lowest BCUT2D eigenvalue weighted by molar-refractivity contribution is -0.133. The highest BCUT2D eigenvalue weighted by molar-refractivity contribution is 8.00. The zero-order valence-corrected chi connectivity index (χ0v) is 11.3. The third-order valence-electron chi connectivity index (χ3n) is 2.64. The normalized spacial score (nSPS) is 19.7. The molecular weight excluding hydrogens is 258 g/mol. The Hall–Kier alpha value is -0.690. The van der Waals surface area contributed by atoms with Crippen LogP contribution >= 0.6 is 23.5 Å². The number of aryl methyl sites for hydroxylation is 1. The van der Waals surface area contributed by atoms with Crippen molar-refractivity contribution in [3.63, 3.8) is 0 Å². The smallest absolute Gasteiger partial charge is 0.313 e. The highest BCUT2D eigenvalue weighted by atomic mass is 32.2. The SMILES string of the molecule is Cc1nnc(SCC(=O)O)n1CC1CCCS1. The summed E-state index contributed by atoms with van der Waals surface area (Å²) in [7, 11) is 0. The Morgan fingerprint density at radius 1 is 1.65 bits per heavy atom. The minimum atomic E-state index is -0.822. The van der Waals surface area contributed by atoms with Crippen LogP contribution in [0.4, 0.5) is 0 Å². The molecule has 1 aliphatic heterocycles. The molecule has 0 aliphatic carbocycles. The number of rotatable bonds is 5. The van der Waals surface area contributed by atoms with Gasteiger partial charge in [-0.2, -0.15) is 11.8 Å². The maximum absolute atomic E-state index is 10.6. The van der Waals surface area contributed by atoms with Crippen LogP contribution in [0.3, 0.4) is 0 Å². The van der Waals surface area contributed by atoms with E-state index in [4.69, 9.17) is 5.11 Å². The number of hydrogen-bond acceptors (Lipinski definition) is 5. The van der Waals surface area contributed by atoms with E-state index >= 15 is 0 Å². The highest BCUT2D eigenvalue weighted by Crippen LogP contribution is 2.29. The summed E-state index contributed by atoms with van der Waals surface area (Å²) in [5, 5.41) is 18.1. The van der Waals surface area contributed by atoms with Crippen molar-refractivity contribution in [1.82, 2.24) is 14.8 Å². The van der Waals surface area contributed by atoms with E-state index in [-0.39, 0.29) is 5.75 Å². The minimum absolute atomic E-state index is 0.0376. The number of aliphatic carboxylic acids is 1. The predicted octanol–water partition coefficient (Wildman–Crippen LogP) is 1.66. The average Bonchev–Trinajstić information content (AvgIpc) is 2.89. The molecule has 17 heavy (non-hydrogen) atoms. The predicted molar refractivity (Wildman–Crippen MR) is 68.6 cm³/mol. The van der Waals surface area contributed by atoms with Crippen LogP contribution in [0.15, 0.2) is 5.16 Å². The molecule has 7 heteroatoms. The lowest BCUT2D eigenvalue weighted by Crippen LogP contribution is -2.13. The van der Waals surface area contributed by atoms with Gasteiger partial charge in [-0.05, 0) is 25.5 Å². The summed E-state index contributed by atoms with van der Waals surface area (Å²) in [6.45, 7) is 2.81. The molecule has 1 aromatic heterocycles. The van der Waals surface area contributed by atoms with Gasteiger partial charge in [-0.25, -0.2) is 0 Å². The van der Waals surface area contributed by atoms with Gasteiger partial charge in [-0.15, -0.1) is 10.2 Å². The van der Waals surface area contributed by atoms with E-state index in [0.717, 1.165) is 17.5 Å². The molecule has 0 spiro atoms. The average molecular weight is 273 g/mol. The second-order valence-electron chi connectivity index (χ2n) is 3.96. The second-order valence-corrected chi connectivity index (χ2v) is 6.31. The Balaban J connectivity index is 2.03. The monoisotopic (exact) mass is 273 g/mol. The van der Waals surface area contributed by atoms with Gasteiger partial charge in [0.1, 0.15) is 5.82 Å². The largest absolute Gasteiger partial charge is 0.481 e. The topological polar surface area (TPSA) is 68.0 Å². The van der Waals surface area contributed by atoms with Gasteiger partial charge in [0.25, 0.3) is 0 Å². The number of nitrogens with zero attached hydrogens (tertiary/aromatic N) is 3. The number of thioether (sulfide) groups is 2. The molecule has 1 atom stereocenters. The number of hydrogen-bond donors (Lipinski definition) is 1. The van der Waals surface area contributed by atoms with Gasteiger partial charge in [0, 0.05) is 11.8 Å². The van der Waals surface area contributed by atoms with Gasteiger partial charge in [0.05, 0.1) is 5.75 Å². The summed E-state index contributed by atoms with van der Waals surface area (Å²) in [5.74, 6) is 1.31. The van der Waals surface area contributed by atoms with Crippen molar-refractivity contribution in [2.45, 2.75) is 36.7 Å². The first-order valence-corrected chi connectivity index (χ1v) is 7.56. The molecule has 2 heterocycles. The zero-order chi connectivity index (χ0) is 12.3. The maximum Gasteiger partial charge on any atom is 0.313 e. The fraction of sp³-hybridized carbons (Fsp3) is 0.700. The Bertz CT molecular complexity index is 402.